The fourth-order valence-electron chi connectivity index (χ4n) is 1.66. The molecule has 0 spiro atoms. The summed E-state index contributed by atoms with van der Waals surface area (Å²) in [5.74, 6) is 0.121. The lowest BCUT2D eigenvalue weighted by atomic mass is 10.1. The van der Waals surface area contributed by atoms with Crippen molar-refractivity contribution < 1.29 is 9.90 Å². The number of aromatic hydroxyl groups is 1. The van der Waals surface area contributed by atoms with Crippen molar-refractivity contribution in [3.63, 3.8) is 0 Å². The Hall–Kier alpha value is -1.55. The molecule has 1 unspecified atom stereocenters. The first-order valence-electron chi connectivity index (χ1n) is 4.59. The van der Waals surface area contributed by atoms with Crippen LogP contribution in [0.2, 0.25) is 0 Å². The Bertz CT molecular complexity index is 376. The number of benzene rings is 1. The van der Waals surface area contributed by atoms with Crippen LogP contribution in [0.4, 0.5) is 5.69 Å². The van der Waals surface area contributed by atoms with E-state index >= 15 is 0 Å². The summed E-state index contributed by atoms with van der Waals surface area (Å²) in [6.07, 6.45) is 0. The van der Waals surface area contributed by atoms with Crippen molar-refractivity contribution >= 4 is 11.6 Å². The Morgan fingerprint density at radius 3 is 3.07 bits per heavy atom. The first kappa shape index (κ1) is 9.02. The lowest BCUT2D eigenvalue weighted by Crippen LogP contribution is -2.27. The van der Waals surface area contributed by atoms with Crippen LogP contribution in [0.3, 0.4) is 0 Å². The third kappa shape index (κ3) is 1.33. The Balaban J connectivity index is 2.39. The normalized spacial score (nSPS) is 19.2. The molecule has 0 aliphatic carbocycles. The van der Waals surface area contributed by atoms with Crippen LogP contribution in [0, 0.1) is 0 Å². The summed E-state index contributed by atoms with van der Waals surface area (Å²) in [4.78, 5) is 11.5. The van der Waals surface area contributed by atoms with Crippen molar-refractivity contribution in [3.05, 3.63) is 23.8 Å². The predicted octanol–water partition coefficient (Wildman–Crippen LogP) is 0.995. The minimum absolute atomic E-state index is 0.0625. The van der Waals surface area contributed by atoms with E-state index in [9.17, 15) is 9.90 Å². The van der Waals surface area contributed by atoms with Crippen LogP contribution in [0.1, 0.15) is 18.5 Å². The summed E-state index contributed by atoms with van der Waals surface area (Å²) in [6, 6.07) is 4.55. The molecule has 3 N–H and O–H groups in total. The van der Waals surface area contributed by atoms with E-state index in [0.717, 1.165) is 11.3 Å². The first-order valence-corrected chi connectivity index (χ1v) is 4.59. The van der Waals surface area contributed by atoms with Gasteiger partial charge < -0.3 is 15.7 Å². The van der Waals surface area contributed by atoms with Crippen molar-refractivity contribution in [2.75, 3.05) is 11.9 Å². The number of carbonyl (C=O) groups excluding carboxylic acids is 1. The van der Waals surface area contributed by atoms with Crippen molar-refractivity contribution in [2.24, 2.45) is 0 Å². The van der Waals surface area contributed by atoms with E-state index in [1.54, 1.807) is 18.2 Å². The number of phenolic OH excluding ortho intramolecular Hbond substituents is 1. The minimum atomic E-state index is -0.331. The number of nitrogens with one attached hydrogen (secondary N) is 2. The van der Waals surface area contributed by atoms with Crippen LogP contribution in [0.25, 0.3) is 0 Å². The summed E-state index contributed by atoms with van der Waals surface area (Å²) in [7, 11) is 0. The monoisotopic (exact) mass is 192 g/mol. The highest BCUT2D eigenvalue weighted by atomic mass is 16.3. The lowest BCUT2D eigenvalue weighted by molar-refractivity contribution is -0.117. The molecular formula is C10H12N2O2. The van der Waals surface area contributed by atoms with E-state index in [4.69, 9.17) is 0 Å². The third-order valence-corrected chi connectivity index (χ3v) is 2.27. The maximum absolute atomic E-state index is 11.5. The van der Waals surface area contributed by atoms with Gasteiger partial charge in [0.05, 0.1) is 0 Å². The summed E-state index contributed by atoms with van der Waals surface area (Å²) in [6.45, 7) is 2.65. The fraction of sp³-hybridized carbons (Fsp3) is 0.300. The van der Waals surface area contributed by atoms with Gasteiger partial charge in [0.2, 0.25) is 5.91 Å². The van der Waals surface area contributed by atoms with E-state index in [1.165, 1.54) is 0 Å². The van der Waals surface area contributed by atoms with Crippen LogP contribution >= 0.6 is 0 Å². The number of rotatable bonds is 2. The second-order valence-electron chi connectivity index (χ2n) is 3.25. The Labute approximate surface area is 81.9 Å². The second kappa shape index (κ2) is 3.31. The minimum Gasteiger partial charge on any atom is -0.508 e. The maximum atomic E-state index is 11.5. The van der Waals surface area contributed by atoms with E-state index in [0.29, 0.717) is 6.54 Å². The van der Waals surface area contributed by atoms with Crippen LogP contribution < -0.4 is 10.6 Å². The molecule has 4 nitrogen and oxygen atoms in total. The van der Waals surface area contributed by atoms with Gasteiger partial charge in [-0.15, -0.1) is 0 Å². The molecule has 1 aliphatic heterocycles. The number of amides is 1. The van der Waals surface area contributed by atoms with Crippen LogP contribution in [0.5, 0.6) is 5.75 Å². The number of phenols is 1. The molecule has 4 heteroatoms. The molecule has 1 atom stereocenters. The number of likely N-dealkylation sites (N-methyl/N-ethyl adjacent to an activating group) is 1. The van der Waals surface area contributed by atoms with E-state index in [1.807, 2.05) is 6.92 Å². The van der Waals surface area contributed by atoms with Gasteiger partial charge in [-0.25, -0.2) is 0 Å². The highest BCUT2D eigenvalue weighted by Gasteiger charge is 2.29. The SMILES string of the molecule is CCNC1C(=O)Nc2ccc(O)cc21. The molecule has 2 rings (SSSR count). The highest BCUT2D eigenvalue weighted by molar-refractivity contribution is 6.02. The van der Waals surface area contributed by atoms with Crippen molar-refractivity contribution in [2.45, 2.75) is 13.0 Å². The predicted molar refractivity (Wildman–Crippen MR) is 53.2 cm³/mol. The molecule has 14 heavy (non-hydrogen) atoms. The van der Waals surface area contributed by atoms with Gasteiger partial charge in [-0.2, -0.15) is 0 Å². The molecule has 1 aliphatic rings. The number of carbonyl (C=O) groups is 1. The molecule has 1 amide bonds. The summed E-state index contributed by atoms with van der Waals surface area (Å²) < 4.78 is 0. The molecular weight excluding hydrogens is 180 g/mol. The number of anilines is 1. The standard InChI is InChI=1S/C10H12N2O2/c1-2-11-9-7-5-6(13)3-4-8(7)12-10(9)14/h3-5,9,11,13H,2H2,1H3,(H,12,14). The Morgan fingerprint density at radius 2 is 2.36 bits per heavy atom. The first-order chi connectivity index (χ1) is 6.72. The molecule has 1 aromatic rings. The van der Waals surface area contributed by atoms with E-state index in [-0.39, 0.29) is 17.7 Å². The Kier molecular flexibility index (Phi) is 2.13. The largest absolute Gasteiger partial charge is 0.508 e. The summed E-state index contributed by atoms with van der Waals surface area (Å²) in [5.41, 5.74) is 1.59. The van der Waals surface area contributed by atoms with Crippen molar-refractivity contribution in [3.8, 4) is 5.75 Å². The number of hydrogen-bond acceptors (Lipinski definition) is 3. The van der Waals surface area contributed by atoms with Gasteiger partial charge in [0.15, 0.2) is 0 Å². The van der Waals surface area contributed by atoms with E-state index < -0.39 is 0 Å². The maximum Gasteiger partial charge on any atom is 0.246 e. The molecule has 0 radical (unpaired) electrons. The molecule has 0 fully saturated rings. The smallest absolute Gasteiger partial charge is 0.246 e. The molecule has 1 heterocycles. The van der Waals surface area contributed by atoms with Crippen LogP contribution in [-0.4, -0.2) is 17.6 Å². The molecule has 0 saturated carbocycles. The average molecular weight is 192 g/mol. The van der Waals surface area contributed by atoms with Crippen LogP contribution in [-0.2, 0) is 4.79 Å². The number of hydrogen-bond donors (Lipinski definition) is 3. The van der Waals surface area contributed by atoms with Crippen LogP contribution in [0.15, 0.2) is 18.2 Å². The lowest BCUT2D eigenvalue weighted by Gasteiger charge is -2.08. The van der Waals surface area contributed by atoms with E-state index in [2.05, 4.69) is 10.6 Å². The zero-order chi connectivity index (χ0) is 10.1. The molecule has 74 valence electrons. The molecule has 1 aromatic carbocycles. The quantitative estimate of drug-likeness (QED) is 0.612. The number of fused-ring (bicyclic) bond motifs is 1. The highest BCUT2D eigenvalue weighted by Crippen LogP contribution is 2.32. The fourth-order valence-corrected chi connectivity index (χ4v) is 1.66. The Morgan fingerprint density at radius 1 is 1.57 bits per heavy atom. The van der Waals surface area contributed by atoms with Gasteiger partial charge in [0, 0.05) is 11.3 Å². The van der Waals surface area contributed by atoms with Gasteiger partial charge in [0.1, 0.15) is 11.8 Å². The van der Waals surface area contributed by atoms with Gasteiger partial charge >= 0.3 is 0 Å². The van der Waals surface area contributed by atoms with Gasteiger partial charge in [-0.1, -0.05) is 6.92 Å². The summed E-state index contributed by atoms with van der Waals surface area (Å²) >= 11 is 0. The topological polar surface area (TPSA) is 61.4 Å². The summed E-state index contributed by atoms with van der Waals surface area (Å²) in [5, 5.41) is 15.1. The zero-order valence-corrected chi connectivity index (χ0v) is 7.87. The van der Waals surface area contributed by atoms with Crippen molar-refractivity contribution in [1.29, 1.82) is 0 Å². The average Bonchev–Trinajstić information content (AvgIpc) is 2.45. The second-order valence-corrected chi connectivity index (χ2v) is 3.25. The van der Waals surface area contributed by atoms with Crippen molar-refractivity contribution in [1.82, 2.24) is 5.32 Å². The van der Waals surface area contributed by atoms with Gasteiger partial charge in [-0.05, 0) is 24.7 Å². The molecule has 0 aromatic heterocycles. The zero-order valence-electron chi connectivity index (χ0n) is 7.87. The van der Waals surface area contributed by atoms with Gasteiger partial charge in [-0.3, -0.25) is 4.79 Å². The third-order valence-electron chi connectivity index (χ3n) is 2.27. The molecule has 0 bridgehead atoms. The van der Waals surface area contributed by atoms with Gasteiger partial charge in [0.25, 0.3) is 0 Å². The molecule has 0 saturated heterocycles.